The molecule has 3 heterocycles. The van der Waals surface area contributed by atoms with Gasteiger partial charge in [-0.1, -0.05) is 18.2 Å². The number of hydrogen-bond acceptors (Lipinski definition) is 6. The molecule has 0 aliphatic carbocycles. The van der Waals surface area contributed by atoms with E-state index in [9.17, 15) is 9.90 Å². The summed E-state index contributed by atoms with van der Waals surface area (Å²) in [5, 5.41) is 9.64. The third-order valence-corrected chi connectivity index (χ3v) is 7.85. The Labute approximate surface area is 219 Å². The second kappa shape index (κ2) is 12.0. The Balaban J connectivity index is 1.28. The molecule has 2 fully saturated rings. The van der Waals surface area contributed by atoms with E-state index in [1.807, 2.05) is 6.07 Å². The zero-order chi connectivity index (χ0) is 25.6. The average molecular weight is 510 g/mol. The number of anilines is 2. The van der Waals surface area contributed by atoms with Crippen LogP contribution in [-0.4, -0.2) is 81.8 Å². The van der Waals surface area contributed by atoms with Gasteiger partial charge in [0.1, 0.15) is 12.4 Å². The van der Waals surface area contributed by atoms with Crippen LogP contribution < -0.4 is 14.5 Å². The van der Waals surface area contributed by atoms with Gasteiger partial charge in [0, 0.05) is 51.5 Å². The summed E-state index contributed by atoms with van der Waals surface area (Å²) in [6, 6.07) is 15.1. The fraction of sp³-hybridized carbons (Fsp3) is 0.552. The highest BCUT2D eigenvalue weighted by Crippen LogP contribution is 2.35. The molecule has 8 nitrogen and oxygen atoms in total. The Bertz CT molecular complexity index is 1040. The predicted molar refractivity (Wildman–Crippen MR) is 144 cm³/mol. The number of likely N-dealkylation sites (tertiary alicyclic amines) is 1. The molecule has 2 saturated heterocycles. The van der Waals surface area contributed by atoms with Crippen molar-refractivity contribution in [3.8, 4) is 5.75 Å². The topological polar surface area (TPSA) is 74.7 Å². The minimum atomic E-state index is -0.880. The lowest BCUT2D eigenvalue weighted by Crippen LogP contribution is -2.46. The molecule has 0 saturated carbocycles. The lowest BCUT2D eigenvalue weighted by molar-refractivity contribution is -0.0199. The minimum absolute atomic E-state index is 0.162. The summed E-state index contributed by atoms with van der Waals surface area (Å²) in [7, 11) is 1.73. The van der Waals surface area contributed by atoms with Crippen LogP contribution in [0.3, 0.4) is 0 Å². The van der Waals surface area contributed by atoms with E-state index in [1.165, 1.54) is 29.0 Å². The smallest absolute Gasteiger partial charge is 0.407 e. The van der Waals surface area contributed by atoms with Crippen molar-refractivity contribution in [2.45, 2.75) is 44.3 Å². The third kappa shape index (κ3) is 6.13. The van der Waals surface area contributed by atoms with E-state index in [1.54, 1.807) is 7.11 Å². The molecular formula is C29H39N3O5. The largest absolute Gasteiger partial charge is 0.490 e. The fourth-order valence-electron chi connectivity index (χ4n) is 5.79. The Hall–Kier alpha value is -2.97. The molecule has 1 N–H and O–H groups in total. The summed E-state index contributed by atoms with van der Waals surface area (Å²) >= 11 is 0. The monoisotopic (exact) mass is 509 g/mol. The van der Waals surface area contributed by atoms with Crippen molar-refractivity contribution in [1.29, 1.82) is 0 Å². The van der Waals surface area contributed by atoms with Crippen LogP contribution in [0.2, 0.25) is 0 Å². The van der Waals surface area contributed by atoms with Crippen molar-refractivity contribution in [2.75, 3.05) is 69.4 Å². The summed E-state index contributed by atoms with van der Waals surface area (Å²) in [6.07, 6.45) is 3.14. The van der Waals surface area contributed by atoms with E-state index in [0.29, 0.717) is 26.3 Å². The van der Waals surface area contributed by atoms with Crippen LogP contribution >= 0.6 is 0 Å². The average Bonchev–Trinajstić information content (AvgIpc) is 3.47. The maximum absolute atomic E-state index is 11.8. The molecule has 8 heteroatoms. The Morgan fingerprint density at radius 3 is 2.65 bits per heavy atom. The molecule has 0 aromatic heterocycles. The standard InChI is InChI=1S/C29H39N3O5/c1-35-17-4-14-31-16-18-36-27-10-5-22(19-26(27)31)21-37-28-20-32(29(33)34)15-11-25(28)23-6-8-24(9-7-23)30-12-2-3-13-30/h5-10,19,25,28H,2-4,11-18,20-21H2,1H3,(H,33,34). The van der Waals surface area contributed by atoms with Crippen LogP contribution in [0, 0.1) is 0 Å². The van der Waals surface area contributed by atoms with Crippen LogP contribution in [0.1, 0.15) is 42.7 Å². The number of fused-ring (bicyclic) bond motifs is 1. The molecule has 0 spiro atoms. The first-order chi connectivity index (χ1) is 18.1. The lowest BCUT2D eigenvalue weighted by atomic mass is 9.87. The molecule has 2 unspecified atom stereocenters. The van der Waals surface area contributed by atoms with Gasteiger partial charge in [0.25, 0.3) is 0 Å². The highest BCUT2D eigenvalue weighted by atomic mass is 16.5. The van der Waals surface area contributed by atoms with Gasteiger partial charge in [-0.15, -0.1) is 0 Å². The summed E-state index contributed by atoms with van der Waals surface area (Å²) in [5.74, 6) is 1.06. The van der Waals surface area contributed by atoms with Crippen molar-refractivity contribution >= 4 is 17.5 Å². The number of methoxy groups -OCH3 is 1. The predicted octanol–water partition coefficient (Wildman–Crippen LogP) is 4.57. The molecule has 37 heavy (non-hydrogen) atoms. The van der Waals surface area contributed by atoms with Crippen molar-refractivity contribution in [3.05, 3.63) is 53.6 Å². The zero-order valence-corrected chi connectivity index (χ0v) is 21.8. The van der Waals surface area contributed by atoms with Crippen LogP contribution in [0.25, 0.3) is 0 Å². The van der Waals surface area contributed by atoms with Gasteiger partial charge in [0.2, 0.25) is 0 Å². The highest BCUT2D eigenvalue weighted by molar-refractivity contribution is 5.65. The molecule has 3 aliphatic rings. The van der Waals surface area contributed by atoms with Crippen LogP contribution in [0.5, 0.6) is 5.75 Å². The molecular weight excluding hydrogens is 470 g/mol. The number of amides is 1. The summed E-state index contributed by atoms with van der Waals surface area (Å²) in [6.45, 7) is 6.77. The number of ether oxygens (including phenoxy) is 3. The van der Waals surface area contributed by atoms with E-state index in [0.717, 1.165) is 62.6 Å². The highest BCUT2D eigenvalue weighted by Gasteiger charge is 2.33. The number of piperidine rings is 1. The van der Waals surface area contributed by atoms with Crippen molar-refractivity contribution in [2.24, 2.45) is 0 Å². The van der Waals surface area contributed by atoms with Crippen LogP contribution in [-0.2, 0) is 16.1 Å². The maximum Gasteiger partial charge on any atom is 0.407 e. The zero-order valence-electron chi connectivity index (χ0n) is 21.8. The van der Waals surface area contributed by atoms with E-state index < -0.39 is 6.09 Å². The lowest BCUT2D eigenvalue weighted by Gasteiger charge is -2.37. The van der Waals surface area contributed by atoms with Gasteiger partial charge in [0.15, 0.2) is 0 Å². The number of nitrogens with zero attached hydrogens (tertiary/aromatic N) is 3. The van der Waals surface area contributed by atoms with E-state index in [4.69, 9.17) is 14.2 Å². The summed E-state index contributed by atoms with van der Waals surface area (Å²) in [5.41, 5.74) is 4.65. The second-order valence-electron chi connectivity index (χ2n) is 10.2. The van der Waals surface area contributed by atoms with Gasteiger partial charge in [-0.05, 0) is 61.1 Å². The van der Waals surface area contributed by atoms with Crippen molar-refractivity contribution in [1.82, 2.24) is 4.90 Å². The number of carboxylic acid groups (broad SMARTS) is 1. The van der Waals surface area contributed by atoms with Gasteiger partial charge in [-0.25, -0.2) is 4.79 Å². The maximum atomic E-state index is 11.8. The van der Waals surface area contributed by atoms with E-state index in [2.05, 4.69) is 46.2 Å². The first kappa shape index (κ1) is 25.7. The van der Waals surface area contributed by atoms with E-state index in [-0.39, 0.29) is 12.0 Å². The first-order valence-corrected chi connectivity index (χ1v) is 13.6. The number of hydrogen-bond donors (Lipinski definition) is 1. The SMILES string of the molecule is COCCCN1CCOc2ccc(COC3CN(C(=O)O)CCC3c3ccc(N4CCCC4)cc3)cc21. The van der Waals surface area contributed by atoms with Gasteiger partial charge >= 0.3 is 6.09 Å². The van der Waals surface area contributed by atoms with Crippen LogP contribution in [0.15, 0.2) is 42.5 Å². The molecule has 2 aromatic rings. The molecule has 0 bridgehead atoms. The first-order valence-electron chi connectivity index (χ1n) is 13.6. The molecule has 2 atom stereocenters. The molecule has 200 valence electrons. The molecule has 2 aromatic carbocycles. The van der Waals surface area contributed by atoms with Gasteiger partial charge < -0.3 is 34.0 Å². The van der Waals surface area contributed by atoms with Crippen molar-refractivity contribution in [3.63, 3.8) is 0 Å². The Kier molecular flexibility index (Phi) is 8.36. The molecule has 3 aliphatic heterocycles. The quantitative estimate of drug-likeness (QED) is 0.496. The number of benzene rings is 2. The Morgan fingerprint density at radius 2 is 1.89 bits per heavy atom. The van der Waals surface area contributed by atoms with E-state index >= 15 is 0 Å². The molecule has 1 amide bonds. The number of carbonyl (C=O) groups is 1. The Morgan fingerprint density at radius 1 is 1.08 bits per heavy atom. The summed E-state index contributed by atoms with van der Waals surface area (Å²) < 4.78 is 17.6. The van der Waals surface area contributed by atoms with Crippen molar-refractivity contribution < 1.29 is 24.1 Å². The van der Waals surface area contributed by atoms with Gasteiger partial charge in [0.05, 0.1) is 31.5 Å². The molecule has 5 rings (SSSR count). The second-order valence-corrected chi connectivity index (χ2v) is 10.2. The minimum Gasteiger partial charge on any atom is -0.490 e. The van der Waals surface area contributed by atoms with Crippen LogP contribution in [0.4, 0.5) is 16.2 Å². The van der Waals surface area contributed by atoms with Gasteiger partial charge in [-0.2, -0.15) is 0 Å². The normalized spacial score (nSPS) is 21.6. The number of rotatable bonds is 9. The third-order valence-electron chi connectivity index (χ3n) is 7.85. The van der Waals surface area contributed by atoms with Gasteiger partial charge in [-0.3, -0.25) is 0 Å². The summed E-state index contributed by atoms with van der Waals surface area (Å²) in [4.78, 5) is 18.0. The fourth-order valence-corrected chi connectivity index (χ4v) is 5.79. The molecule has 0 radical (unpaired) electrons.